The van der Waals surface area contributed by atoms with Gasteiger partial charge in [-0.05, 0) is 56.9 Å². The molecule has 2 aromatic rings. The third kappa shape index (κ3) is 7.76. The first kappa shape index (κ1) is 22.8. The zero-order valence-electron chi connectivity index (χ0n) is 18.4. The van der Waals surface area contributed by atoms with Crippen LogP contribution in [0.2, 0.25) is 0 Å². The van der Waals surface area contributed by atoms with Gasteiger partial charge in [-0.25, -0.2) is 0 Å². The minimum absolute atomic E-state index is 0.222. The summed E-state index contributed by atoms with van der Waals surface area (Å²) in [6.07, 6.45) is 2.47. The van der Waals surface area contributed by atoms with Crippen molar-refractivity contribution in [2.75, 3.05) is 26.9 Å². The molecule has 6 heteroatoms. The summed E-state index contributed by atoms with van der Waals surface area (Å²) in [6, 6.07) is 12.2. The minimum Gasteiger partial charge on any atom is -0.382 e. The van der Waals surface area contributed by atoms with E-state index >= 15 is 0 Å². The summed E-state index contributed by atoms with van der Waals surface area (Å²) in [5.41, 5.74) is 4.06. The standard InChI is InChI=1S/C24H34N2O4/c1-18(2)30-17-22-8-5-9-24(26-22)23-14-19(23)10-11-28-15-20-6-4-7-21(25-20)16-29-13-12-27-3/h4-9,18-19,23H,10-17H2,1-3H3. The molecule has 0 saturated heterocycles. The predicted molar refractivity (Wildman–Crippen MR) is 115 cm³/mol. The third-order valence-electron chi connectivity index (χ3n) is 5.12. The van der Waals surface area contributed by atoms with Gasteiger partial charge >= 0.3 is 0 Å². The minimum atomic E-state index is 0.222. The molecule has 0 amide bonds. The smallest absolute Gasteiger partial charge is 0.0891 e. The molecule has 0 spiro atoms. The van der Waals surface area contributed by atoms with E-state index in [2.05, 4.69) is 17.1 Å². The van der Waals surface area contributed by atoms with Crippen LogP contribution in [0.15, 0.2) is 36.4 Å². The molecule has 1 aliphatic carbocycles. The van der Waals surface area contributed by atoms with Crippen LogP contribution in [-0.4, -0.2) is 43.0 Å². The van der Waals surface area contributed by atoms with E-state index in [9.17, 15) is 0 Å². The van der Waals surface area contributed by atoms with Crippen LogP contribution in [0.5, 0.6) is 0 Å². The Kier molecular flexibility index (Phi) is 9.21. The van der Waals surface area contributed by atoms with Crippen LogP contribution in [-0.2, 0) is 38.8 Å². The van der Waals surface area contributed by atoms with Crippen molar-refractivity contribution in [1.82, 2.24) is 9.97 Å². The van der Waals surface area contributed by atoms with Gasteiger partial charge in [0.2, 0.25) is 0 Å². The van der Waals surface area contributed by atoms with Gasteiger partial charge in [0, 0.05) is 25.3 Å². The summed E-state index contributed by atoms with van der Waals surface area (Å²) in [4.78, 5) is 9.38. The summed E-state index contributed by atoms with van der Waals surface area (Å²) in [6.45, 7) is 7.61. The lowest BCUT2D eigenvalue weighted by Crippen LogP contribution is -2.05. The quantitative estimate of drug-likeness (QED) is 0.430. The molecule has 0 radical (unpaired) electrons. The van der Waals surface area contributed by atoms with Gasteiger partial charge in [-0.15, -0.1) is 0 Å². The van der Waals surface area contributed by atoms with Gasteiger partial charge in [-0.3, -0.25) is 9.97 Å². The molecule has 0 aromatic carbocycles. The molecule has 164 valence electrons. The van der Waals surface area contributed by atoms with E-state index in [1.54, 1.807) is 7.11 Å². The van der Waals surface area contributed by atoms with Crippen LogP contribution in [0.3, 0.4) is 0 Å². The lowest BCUT2D eigenvalue weighted by atomic mass is 10.2. The van der Waals surface area contributed by atoms with Crippen LogP contribution < -0.4 is 0 Å². The Hall–Kier alpha value is -1.86. The van der Waals surface area contributed by atoms with E-state index in [1.807, 2.05) is 38.1 Å². The third-order valence-corrected chi connectivity index (χ3v) is 5.12. The fraction of sp³-hybridized carbons (Fsp3) is 0.583. The van der Waals surface area contributed by atoms with E-state index in [0.29, 0.717) is 44.9 Å². The zero-order valence-corrected chi connectivity index (χ0v) is 18.4. The number of hydrogen-bond acceptors (Lipinski definition) is 6. The van der Waals surface area contributed by atoms with Crippen molar-refractivity contribution in [1.29, 1.82) is 0 Å². The molecule has 1 saturated carbocycles. The molecular formula is C24H34N2O4. The number of pyridine rings is 2. The molecule has 1 aliphatic rings. The van der Waals surface area contributed by atoms with Gasteiger partial charge in [-0.2, -0.15) is 0 Å². The molecule has 0 N–H and O–H groups in total. The number of rotatable bonds is 14. The highest BCUT2D eigenvalue weighted by atomic mass is 16.5. The van der Waals surface area contributed by atoms with E-state index in [1.165, 1.54) is 12.1 Å². The summed E-state index contributed by atoms with van der Waals surface area (Å²) in [5.74, 6) is 1.21. The maximum Gasteiger partial charge on any atom is 0.0891 e. The normalized spacial score (nSPS) is 18.1. The van der Waals surface area contributed by atoms with Gasteiger partial charge in [-0.1, -0.05) is 12.1 Å². The molecule has 30 heavy (non-hydrogen) atoms. The van der Waals surface area contributed by atoms with E-state index in [4.69, 9.17) is 23.9 Å². The molecule has 2 aromatic heterocycles. The molecule has 2 atom stereocenters. The molecule has 3 rings (SSSR count). The molecule has 0 bridgehead atoms. The largest absolute Gasteiger partial charge is 0.382 e. The SMILES string of the molecule is COCCOCc1cccc(COCCC2CC2c2cccc(COC(C)C)n2)n1. The summed E-state index contributed by atoms with van der Waals surface area (Å²) < 4.78 is 22.1. The number of ether oxygens (including phenoxy) is 4. The van der Waals surface area contributed by atoms with Crippen molar-refractivity contribution in [2.24, 2.45) is 5.92 Å². The zero-order chi connectivity index (χ0) is 21.2. The lowest BCUT2D eigenvalue weighted by molar-refractivity contribution is 0.0597. The van der Waals surface area contributed by atoms with Crippen molar-refractivity contribution in [3.05, 3.63) is 59.2 Å². The fourth-order valence-corrected chi connectivity index (χ4v) is 3.39. The maximum atomic E-state index is 5.88. The Morgan fingerprint density at radius 2 is 1.53 bits per heavy atom. The Bertz CT molecular complexity index is 768. The van der Waals surface area contributed by atoms with E-state index < -0.39 is 0 Å². The first-order valence-corrected chi connectivity index (χ1v) is 10.8. The van der Waals surface area contributed by atoms with E-state index in [0.717, 1.165) is 30.1 Å². The van der Waals surface area contributed by atoms with Gasteiger partial charge in [0.15, 0.2) is 0 Å². The molecule has 2 unspecified atom stereocenters. The Morgan fingerprint density at radius 3 is 2.23 bits per heavy atom. The van der Waals surface area contributed by atoms with Gasteiger partial charge in [0.05, 0.1) is 56.2 Å². The average molecular weight is 415 g/mol. The van der Waals surface area contributed by atoms with Gasteiger partial charge in [0.1, 0.15) is 0 Å². The molecular weight excluding hydrogens is 380 g/mol. The Balaban J connectivity index is 1.35. The van der Waals surface area contributed by atoms with Crippen LogP contribution in [0.1, 0.15) is 55.4 Å². The first-order chi connectivity index (χ1) is 14.7. The molecule has 1 fully saturated rings. The second-order valence-electron chi connectivity index (χ2n) is 8.02. The molecule has 0 aliphatic heterocycles. The van der Waals surface area contributed by atoms with Crippen molar-refractivity contribution in [3.63, 3.8) is 0 Å². The van der Waals surface area contributed by atoms with Crippen molar-refractivity contribution < 1.29 is 18.9 Å². The van der Waals surface area contributed by atoms with E-state index in [-0.39, 0.29) is 6.10 Å². The second-order valence-corrected chi connectivity index (χ2v) is 8.02. The highest BCUT2D eigenvalue weighted by Crippen LogP contribution is 2.48. The Labute approximate surface area is 179 Å². The van der Waals surface area contributed by atoms with Gasteiger partial charge < -0.3 is 18.9 Å². The van der Waals surface area contributed by atoms with Crippen molar-refractivity contribution in [2.45, 2.75) is 58.5 Å². The van der Waals surface area contributed by atoms with Crippen molar-refractivity contribution in [3.8, 4) is 0 Å². The van der Waals surface area contributed by atoms with Crippen molar-refractivity contribution >= 4 is 0 Å². The van der Waals surface area contributed by atoms with Crippen LogP contribution in [0.4, 0.5) is 0 Å². The monoisotopic (exact) mass is 414 g/mol. The topological polar surface area (TPSA) is 62.7 Å². The Morgan fingerprint density at radius 1 is 0.867 bits per heavy atom. The van der Waals surface area contributed by atoms with Crippen LogP contribution >= 0.6 is 0 Å². The number of aromatic nitrogens is 2. The van der Waals surface area contributed by atoms with Gasteiger partial charge in [0.25, 0.3) is 0 Å². The summed E-state index contributed by atoms with van der Waals surface area (Å²) in [7, 11) is 1.67. The molecule has 2 heterocycles. The number of nitrogens with zero attached hydrogens (tertiary/aromatic N) is 2. The summed E-state index contributed by atoms with van der Waals surface area (Å²) >= 11 is 0. The highest BCUT2D eigenvalue weighted by molar-refractivity contribution is 5.20. The average Bonchev–Trinajstić information content (AvgIpc) is 3.53. The molecule has 6 nitrogen and oxygen atoms in total. The fourth-order valence-electron chi connectivity index (χ4n) is 3.39. The van der Waals surface area contributed by atoms with Crippen LogP contribution in [0, 0.1) is 5.92 Å². The number of hydrogen-bond donors (Lipinski definition) is 0. The van der Waals surface area contributed by atoms with Crippen LogP contribution in [0.25, 0.3) is 0 Å². The lowest BCUT2D eigenvalue weighted by Gasteiger charge is -2.08. The first-order valence-electron chi connectivity index (χ1n) is 10.8. The predicted octanol–water partition coefficient (Wildman–Crippen LogP) is 4.28. The number of methoxy groups -OCH3 is 1. The summed E-state index contributed by atoms with van der Waals surface area (Å²) in [5, 5.41) is 0. The second kappa shape index (κ2) is 12.1. The highest BCUT2D eigenvalue weighted by Gasteiger charge is 2.38. The maximum absolute atomic E-state index is 5.88.